The molecule has 0 aliphatic heterocycles. The molecule has 2 rings (SSSR count). The van der Waals surface area contributed by atoms with Gasteiger partial charge in [-0.1, -0.05) is 37.3 Å². The first-order chi connectivity index (χ1) is 9.78. The number of rotatable bonds is 4. The van der Waals surface area contributed by atoms with Crippen molar-refractivity contribution in [2.75, 3.05) is 0 Å². The van der Waals surface area contributed by atoms with Gasteiger partial charge in [0.15, 0.2) is 5.78 Å². The van der Waals surface area contributed by atoms with Gasteiger partial charge in [0.25, 0.3) is 0 Å². The van der Waals surface area contributed by atoms with E-state index in [1.165, 1.54) is 13.0 Å². The van der Waals surface area contributed by atoms with Gasteiger partial charge in [-0.2, -0.15) is 0 Å². The maximum absolute atomic E-state index is 11.6. The molecule has 0 amide bonds. The largest absolute Gasteiger partial charge is 0.295 e. The van der Waals surface area contributed by atoms with Crippen molar-refractivity contribution in [3.8, 4) is 0 Å². The first kappa shape index (κ1) is 15.7. The van der Waals surface area contributed by atoms with Crippen molar-refractivity contribution in [2.24, 2.45) is 5.14 Å². The molecule has 4 nitrogen and oxygen atoms in total. The summed E-state index contributed by atoms with van der Waals surface area (Å²) >= 11 is 0. The first-order valence-corrected chi connectivity index (χ1v) is 8.36. The van der Waals surface area contributed by atoms with Crippen molar-refractivity contribution in [3.05, 3.63) is 58.5 Å². The highest BCUT2D eigenvalue weighted by molar-refractivity contribution is 7.93. The number of hydrogen-bond donors (Lipinski definition) is 1. The molecule has 1 atom stereocenters. The molecule has 0 heterocycles. The van der Waals surface area contributed by atoms with E-state index in [1.807, 2.05) is 31.2 Å². The second kappa shape index (κ2) is 5.58. The van der Waals surface area contributed by atoms with Gasteiger partial charge in [-0.25, -0.2) is 13.6 Å². The third-order valence-corrected chi connectivity index (χ3v) is 5.04. The number of benzene rings is 1. The molecule has 1 aromatic rings. The Morgan fingerprint density at radius 1 is 1.38 bits per heavy atom. The van der Waals surface area contributed by atoms with Crippen molar-refractivity contribution in [1.29, 1.82) is 0 Å². The molecule has 0 saturated heterocycles. The van der Waals surface area contributed by atoms with Crippen LogP contribution in [-0.4, -0.2) is 14.2 Å². The van der Waals surface area contributed by atoms with Crippen LogP contribution in [0.2, 0.25) is 0 Å². The van der Waals surface area contributed by atoms with Crippen LogP contribution in [0.1, 0.15) is 42.6 Å². The van der Waals surface area contributed by atoms with Crippen molar-refractivity contribution in [1.82, 2.24) is 0 Å². The zero-order valence-corrected chi connectivity index (χ0v) is 13.0. The molecule has 2 N–H and O–H groups in total. The lowest BCUT2D eigenvalue weighted by Crippen LogP contribution is -2.29. The lowest BCUT2D eigenvalue weighted by atomic mass is 9.73. The number of primary sulfonamides is 1. The summed E-state index contributed by atoms with van der Waals surface area (Å²) in [5.74, 6) is -0.00916. The minimum absolute atomic E-state index is 0.00916. The smallest absolute Gasteiger partial charge is 0.234 e. The van der Waals surface area contributed by atoms with Gasteiger partial charge in [0.05, 0.1) is 4.91 Å². The summed E-state index contributed by atoms with van der Waals surface area (Å²) in [6.45, 7) is 3.51. The maximum atomic E-state index is 11.6. The summed E-state index contributed by atoms with van der Waals surface area (Å²) in [6, 6.07) is 7.35. The van der Waals surface area contributed by atoms with E-state index in [-0.39, 0.29) is 10.7 Å². The fourth-order valence-electron chi connectivity index (χ4n) is 2.66. The second-order valence-corrected chi connectivity index (χ2v) is 6.97. The number of sulfonamides is 1. The number of carbonyl (C=O) groups excluding carboxylic acids is 1. The Morgan fingerprint density at radius 3 is 2.67 bits per heavy atom. The minimum atomic E-state index is -3.70. The molecule has 1 unspecified atom stereocenters. The average Bonchev–Trinajstić information content (AvgIpc) is 2.46. The molecule has 5 heteroatoms. The van der Waals surface area contributed by atoms with Gasteiger partial charge in [0.2, 0.25) is 10.0 Å². The summed E-state index contributed by atoms with van der Waals surface area (Å²) in [4.78, 5) is 11.8. The van der Waals surface area contributed by atoms with Crippen LogP contribution in [0.3, 0.4) is 0 Å². The van der Waals surface area contributed by atoms with Crippen LogP contribution in [-0.2, 0) is 15.4 Å². The van der Waals surface area contributed by atoms with Crippen molar-refractivity contribution < 1.29 is 13.2 Å². The van der Waals surface area contributed by atoms with Gasteiger partial charge < -0.3 is 0 Å². The van der Waals surface area contributed by atoms with Gasteiger partial charge in [0.1, 0.15) is 0 Å². The highest BCUT2D eigenvalue weighted by Crippen LogP contribution is 2.39. The van der Waals surface area contributed by atoms with E-state index >= 15 is 0 Å². The third kappa shape index (κ3) is 3.14. The molecule has 112 valence electrons. The number of Topliss-reactive ketones (excluding diaryl/α,β-unsaturated/α-hetero) is 1. The van der Waals surface area contributed by atoms with Crippen molar-refractivity contribution >= 4 is 15.8 Å². The van der Waals surface area contributed by atoms with E-state index in [2.05, 4.69) is 0 Å². The Kier molecular flexibility index (Phi) is 4.16. The normalized spacial score (nSPS) is 22.0. The molecule has 0 aromatic heterocycles. The van der Waals surface area contributed by atoms with Crippen LogP contribution >= 0.6 is 0 Å². The van der Waals surface area contributed by atoms with Crippen LogP contribution in [0.25, 0.3) is 0 Å². The summed E-state index contributed by atoms with van der Waals surface area (Å²) in [6.07, 6.45) is 6.30. The Morgan fingerprint density at radius 2 is 2.10 bits per heavy atom. The Labute approximate surface area is 125 Å². The highest BCUT2D eigenvalue weighted by atomic mass is 32.2. The van der Waals surface area contributed by atoms with E-state index < -0.39 is 15.4 Å². The Bertz CT molecular complexity index is 732. The molecular weight excluding hydrogens is 286 g/mol. The number of allylic oxidation sites excluding steroid dienone is 4. The number of hydrogen-bond acceptors (Lipinski definition) is 3. The van der Waals surface area contributed by atoms with E-state index in [0.29, 0.717) is 12.0 Å². The first-order valence-electron chi connectivity index (χ1n) is 6.81. The average molecular weight is 305 g/mol. The van der Waals surface area contributed by atoms with Crippen LogP contribution in [0.15, 0.2) is 47.4 Å². The van der Waals surface area contributed by atoms with E-state index in [4.69, 9.17) is 5.14 Å². The molecule has 1 aliphatic rings. The van der Waals surface area contributed by atoms with E-state index in [1.54, 1.807) is 12.1 Å². The topological polar surface area (TPSA) is 77.2 Å². The number of ketones is 1. The SMILES string of the molecule is CCC1(c2cccc(C(C)=O)c2)C=CC=C(S(N)(=O)=O)C1. The van der Waals surface area contributed by atoms with Gasteiger partial charge in [0, 0.05) is 11.0 Å². The Balaban J connectivity index is 2.50. The Hall–Kier alpha value is -1.72. The fraction of sp³-hybridized carbons (Fsp3) is 0.312. The van der Waals surface area contributed by atoms with Crippen LogP contribution < -0.4 is 5.14 Å². The lowest BCUT2D eigenvalue weighted by Gasteiger charge is -2.33. The third-order valence-electron chi connectivity index (χ3n) is 4.03. The fourth-order valence-corrected chi connectivity index (χ4v) is 3.38. The van der Waals surface area contributed by atoms with Gasteiger partial charge in [-0.05, 0) is 37.5 Å². The van der Waals surface area contributed by atoms with Gasteiger partial charge >= 0.3 is 0 Å². The molecule has 0 bridgehead atoms. The quantitative estimate of drug-likeness (QED) is 0.869. The van der Waals surface area contributed by atoms with Gasteiger partial charge in [-0.15, -0.1) is 0 Å². The van der Waals surface area contributed by atoms with Crippen LogP contribution in [0, 0.1) is 0 Å². The lowest BCUT2D eigenvalue weighted by molar-refractivity contribution is 0.101. The minimum Gasteiger partial charge on any atom is -0.295 e. The molecular formula is C16H19NO3S. The summed E-state index contributed by atoms with van der Waals surface area (Å²) in [5.41, 5.74) is 1.12. The number of nitrogens with two attached hydrogens (primary N) is 1. The van der Waals surface area contributed by atoms with E-state index in [9.17, 15) is 13.2 Å². The molecule has 0 spiro atoms. The second-order valence-electron chi connectivity index (χ2n) is 5.36. The predicted molar refractivity (Wildman–Crippen MR) is 83.4 cm³/mol. The zero-order valence-electron chi connectivity index (χ0n) is 12.2. The molecule has 0 fully saturated rings. The molecule has 21 heavy (non-hydrogen) atoms. The summed E-state index contributed by atoms with van der Waals surface area (Å²) in [7, 11) is -3.70. The molecule has 0 saturated carbocycles. The van der Waals surface area contributed by atoms with Crippen molar-refractivity contribution in [3.63, 3.8) is 0 Å². The summed E-state index contributed by atoms with van der Waals surface area (Å²) in [5, 5.41) is 5.26. The van der Waals surface area contributed by atoms with E-state index in [0.717, 1.165) is 12.0 Å². The van der Waals surface area contributed by atoms with Crippen molar-refractivity contribution in [2.45, 2.75) is 32.1 Å². The molecule has 1 aromatic carbocycles. The summed E-state index contributed by atoms with van der Waals surface area (Å²) < 4.78 is 23.2. The van der Waals surface area contributed by atoms with Gasteiger partial charge in [-0.3, -0.25) is 4.79 Å². The maximum Gasteiger partial charge on any atom is 0.234 e. The number of carbonyl (C=O) groups is 1. The molecule has 0 radical (unpaired) electrons. The van der Waals surface area contributed by atoms with Crippen LogP contribution in [0.4, 0.5) is 0 Å². The highest BCUT2D eigenvalue weighted by Gasteiger charge is 2.33. The van der Waals surface area contributed by atoms with Crippen LogP contribution in [0.5, 0.6) is 0 Å². The monoisotopic (exact) mass is 305 g/mol. The predicted octanol–water partition coefficient (Wildman–Crippen LogP) is 2.67. The zero-order chi connectivity index (χ0) is 15.7. The molecule has 1 aliphatic carbocycles. The standard InChI is InChI=1S/C16H19NO3S/c1-3-16(9-5-8-15(11-16)21(17,19)20)14-7-4-6-13(10-14)12(2)18/h4-10H,3,11H2,1-2H3,(H2,17,19,20).